The van der Waals surface area contributed by atoms with E-state index in [0.717, 1.165) is 62.0 Å². The summed E-state index contributed by atoms with van der Waals surface area (Å²) in [5, 5.41) is 0.773. The highest BCUT2D eigenvalue weighted by Gasteiger charge is 2.33. The predicted octanol–water partition coefficient (Wildman–Crippen LogP) is 4.55. The van der Waals surface area contributed by atoms with Gasteiger partial charge < -0.3 is 19.1 Å². The van der Waals surface area contributed by atoms with Crippen molar-refractivity contribution in [1.29, 1.82) is 0 Å². The van der Waals surface area contributed by atoms with Crippen LogP contribution in [0.3, 0.4) is 0 Å². The van der Waals surface area contributed by atoms with Crippen molar-refractivity contribution in [2.75, 3.05) is 60.0 Å². The van der Waals surface area contributed by atoms with E-state index >= 15 is 0 Å². The zero-order valence-electron chi connectivity index (χ0n) is 23.0. The molecule has 0 bridgehead atoms. The van der Waals surface area contributed by atoms with Crippen LogP contribution < -0.4 is 0 Å². The maximum absolute atomic E-state index is 13.2. The Morgan fingerprint density at radius 3 is 2.71 bits per heavy atom. The molecule has 3 aliphatic rings. The molecule has 1 aromatic heterocycles. The molecule has 3 heterocycles. The van der Waals surface area contributed by atoms with Crippen LogP contribution in [0, 0.1) is 6.92 Å². The summed E-state index contributed by atoms with van der Waals surface area (Å²) in [5.74, 6) is 0.0846. The highest BCUT2D eigenvalue weighted by atomic mass is 35.5. The normalized spacial score (nSPS) is 25.3. The van der Waals surface area contributed by atoms with Gasteiger partial charge in [0.1, 0.15) is 6.61 Å². The van der Waals surface area contributed by atoms with Gasteiger partial charge in [0.15, 0.2) is 0 Å². The molecule has 38 heavy (non-hydrogen) atoms. The molecule has 208 valence electrons. The summed E-state index contributed by atoms with van der Waals surface area (Å²) in [4.78, 5) is 21.3. The van der Waals surface area contributed by atoms with Crippen LogP contribution in [0.4, 0.5) is 0 Å². The molecule has 2 fully saturated rings. The van der Waals surface area contributed by atoms with E-state index in [1.807, 2.05) is 24.1 Å². The summed E-state index contributed by atoms with van der Waals surface area (Å²) < 4.78 is 10.8. The molecule has 2 aromatic rings. The lowest BCUT2D eigenvalue weighted by Gasteiger charge is -2.43. The molecule has 9 heteroatoms. The number of ether oxygens (including phenoxy) is 1. The Balaban J connectivity index is 1.17. The molecule has 0 N–H and O–H groups in total. The van der Waals surface area contributed by atoms with Gasteiger partial charge in [-0.25, -0.2) is 4.31 Å². The number of amides is 1. The number of benzene rings is 1. The Bertz CT molecular complexity index is 1070. The summed E-state index contributed by atoms with van der Waals surface area (Å²) in [6, 6.07) is 11.2. The Hall–Kier alpha value is -1.55. The van der Waals surface area contributed by atoms with Gasteiger partial charge in [0.2, 0.25) is 5.91 Å². The first-order valence-electron chi connectivity index (χ1n) is 14.0. The number of hydrogen-bond donors (Lipinski definition) is 0. The molecule has 0 radical (unpaired) electrons. The van der Waals surface area contributed by atoms with E-state index in [-0.39, 0.29) is 18.6 Å². The van der Waals surface area contributed by atoms with Crippen LogP contribution in [0.2, 0.25) is 5.02 Å². The fourth-order valence-electron chi connectivity index (χ4n) is 6.14. The second kappa shape index (κ2) is 12.7. The summed E-state index contributed by atoms with van der Waals surface area (Å²) in [6.07, 6.45) is 6.73. The van der Waals surface area contributed by atoms with Gasteiger partial charge >= 0.3 is 0 Å². The largest absolute Gasteiger partial charge is 0.370 e. The standard InChI is InChI=1S/C29H42ClN5O2S/c1-22-7-4-10-25(30)29(22)38-35-18-17-34-12-6-11-26(34)27(35)20-37-21-28(36)32(3)23-8-5-9-24(19-23)33-15-13-31(2)14-16-33/h4,6-7,10-12,23-24,27H,5,8-9,13-21H2,1-3H3. The Morgan fingerprint density at radius 1 is 1.11 bits per heavy atom. The molecule has 1 amide bonds. The van der Waals surface area contributed by atoms with Crippen LogP contribution in [-0.4, -0.2) is 102 Å². The van der Waals surface area contributed by atoms with E-state index in [1.54, 1.807) is 11.9 Å². The zero-order chi connectivity index (χ0) is 26.6. The number of nitrogens with zero attached hydrogens (tertiary/aromatic N) is 5. The Labute approximate surface area is 237 Å². The second-order valence-corrected chi connectivity index (χ2v) is 12.6. The van der Waals surface area contributed by atoms with Gasteiger partial charge in [-0.05, 0) is 75.4 Å². The van der Waals surface area contributed by atoms with Crippen LogP contribution in [0.25, 0.3) is 0 Å². The minimum atomic E-state index is 0.0498. The van der Waals surface area contributed by atoms with Crippen LogP contribution in [0.1, 0.15) is 43.0 Å². The molecule has 1 saturated carbocycles. The summed E-state index contributed by atoms with van der Waals surface area (Å²) in [6.45, 7) is 9.04. The molecular weight excluding hydrogens is 518 g/mol. The third-order valence-electron chi connectivity index (χ3n) is 8.60. The van der Waals surface area contributed by atoms with Crippen LogP contribution in [-0.2, 0) is 16.1 Å². The Morgan fingerprint density at radius 2 is 1.92 bits per heavy atom. The van der Waals surface area contributed by atoms with Crippen LogP contribution >= 0.6 is 23.5 Å². The maximum atomic E-state index is 13.2. The number of carbonyl (C=O) groups excluding carboxylic acids is 1. The molecule has 3 atom stereocenters. The quantitative estimate of drug-likeness (QED) is 0.442. The number of aromatic nitrogens is 1. The molecular formula is C29H42ClN5O2S. The van der Waals surface area contributed by atoms with Gasteiger partial charge in [-0.1, -0.05) is 23.7 Å². The van der Waals surface area contributed by atoms with Gasteiger partial charge in [0, 0.05) is 75.2 Å². The van der Waals surface area contributed by atoms with E-state index in [2.05, 4.69) is 57.0 Å². The van der Waals surface area contributed by atoms with Gasteiger partial charge in [-0.15, -0.1) is 0 Å². The fraction of sp³-hybridized carbons (Fsp3) is 0.621. The molecule has 2 aliphatic heterocycles. The smallest absolute Gasteiger partial charge is 0.248 e. The van der Waals surface area contributed by atoms with Crippen molar-refractivity contribution in [3.63, 3.8) is 0 Å². The van der Waals surface area contributed by atoms with Crippen molar-refractivity contribution in [3.05, 3.63) is 52.8 Å². The van der Waals surface area contributed by atoms with E-state index < -0.39 is 0 Å². The number of rotatable bonds is 8. The summed E-state index contributed by atoms with van der Waals surface area (Å²) in [7, 11) is 4.17. The summed E-state index contributed by atoms with van der Waals surface area (Å²) in [5.41, 5.74) is 2.39. The van der Waals surface area contributed by atoms with Gasteiger partial charge in [0.05, 0.1) is 17.7 Å². The second-order valence-electron chi connectivity index (χ2n) is 11.1. The van der Waals surface area contributed by atoms with Gasteiger partial charge in [-0.2, -0.15) is 0 Å². The highest BCUT2D eigenvalue weighted by Crippen LogP contribution is 2.39. The number of fused-ring (bicyclic) bond motifs is 1. The third-order valence-corrected chi connectivity index (χ3v) is 10.4. The van der Waals surface area contributed by atoms with Crippen LogP contribution in [0.5, 0.6) is 0 Å². The molecule has 1 saturated heterocycles. The first kappa shape index (κ1) is 28.0. The minimum Gasteiger partial charge on any atom is -0.370 e. The lowest BCUT2D eigenvalue weighted by atomic mass is 9.88. The lowest BCUT2D eigenvalue weighted by Crippen LogP contribution is -2.52. The lowest BCUT2D eigenvalue weighted by molar-refractivity contribution is -0.138. The molecule has 3 unspecified atom stereocenters. The van der Waals surface area contributed by atoms with Crippen molar-refractivity contribution in [2.24, 2.45) is 0 Å². The zero-order valence-corrected chi connectivity index (χ0v) is 24.6. The van der Waals surface area contributed by atoms with Gasteiger partial charge in [-0.3, -0.25) is 9.69 Å². The monoisotopic (exact) mass is 559 g/mol. The number of hydrogen-bond acceptors (Lipinski definition) is 6. The van der Waals surface area contributed by atoms with Crippen molar-refractivity contribution in [2.45, 2.75) is 62.2 Å². The van der Waals surface area contributed by atoms with Crippen molar-refractivity contribution in [1.82, 2.24) is 23.6 Å². The number of likely N-dealkylation sites (N-methyl/N-ethyl adjacent to an activating group) is 2. The molecule has 7 nitrogen and oxygen atoms in total. The third kappa shape index (κ3) is 6.43. The minimum absolute atomic E-state index is 0.0498. The van der Waals surface area contributed by atoms with Gasteiger partial charge in [0.25, 0.3) is 0 Å². The Kier molecular flexibility index (Phi) is 9.39. The van der Waals surface area contributed by atoms with Crippen molar-refractivity contribution < 1.29 is 9.53 Å². The van der Waals surface area contributed by atoms with Crippen LogP contribution in [0.15, 0.2) is 41.4 Å². The molecule has 1 aromatic carbocycles. The number of aryl methyl sites for hydroxylation is 1. The fourth-order valence-corrected chi connectivity index (χ4v) is 7.54. The topological polar surface area (TPSA) is 44.2 Å². The SMILES string of the molecule is Cc1cccc(Cl)c1SN1CCn2cccc2C1COCC(=O)N(C)C1CCCC(N2CCN(C)CC2)C1. The first-order chi connectivity index (χ1) is 18.4. The number of halogens is 1. The first-order valence-corrected chi connectivity index (χ1v) is 15.2. The summed E-state index contributed by atoms with van der Waals surface area (Å²) >= 11 is 8.26. The average molecular weight is 560 g/mol. The molecule has 1 aliphatic carbocycles. The van der Waals surface area contributed by atoms with E-state index in [4.69, 9.17) is 16.3 Å². The molecule has 0 spiro atoms. The van der Waals surface area contributed by atoms with E-state index in [9.17, 15) is 4.79 Å². The van der Waals surface area contributed by atoms with Crippen molar-refractivity contribution in [3.8, 4) is 0 Å². The maximum Gasteiger partial charge on any atom is 0.248 e. The van der Waals surface area contributed by atoms with E-state index in [1.165, 1.54) is 24.1 Å². The van der Waals surface area contributed by atoms with E-state index in [0.29, 0.717) is 18.7 Å². The van der Waals surface area contributed by atoms with Crippen molar-refractivity contribution >= 4 is 29.5 Å². The average Bonchev–Trinajstić information content (AvgIpc) is 3.41. The highest BCUT2D eigenvalue weighted by molar-refractivity contribution is 7.97. The number of carbonyl (C=O) groups is 1. The number of piperazine rings is 1. The predicted molar refractivity (Wildman–Crippen MR) is 155 cm³/mol. The molecule has 5 rings (SSSR count).